The maximum absolute atomic E-state index is 5.84. The second kappa shape index (κ2) is 6.57. The molecular formula is C18H21N5O. The molecule has 0 aliphatic heterocycles. The van der Waals surface area contributed by atoms with E-state index in [1.807, 2.05) is 24.5 Å². The molecule has 2 aromatic heterocycles. The highest BCUT2D eigenvalue weighted by molar-refractivity contribution is 5.81. The molecule has 0 spiro atoms. The largest absolute Gasteiger partial charge is 0.382 e. The van der Waals surface area contributed by atoms with Gasteiger partial charge in [-0.1, -0.05) is 30.3 Å². The number of aromatic nitrogens is 4. The van der Waals surface area contributed by atoms with Crippen LogP contribution in [0.3, 0.4) is 0 Å². The van der Waals surface area contributed by atoms with Crippen LogP contribution >= 0.6 is 0 Å². The van der Waals surface area contributed by atoms with Gasteiger partial charge in [-0.15, -0.1) is 0 Å². The van der Waals surface area contributed by atoms with E-state index >= 15 is 0 Å². The van der Waals surface area contributed by atoms with E-state index in [0.717, 1.165) is 31.5 Å². The Labute approximate surface area is 140 Å². The molecule has 0 atom stereocenters. The van der Waals surface area contributed by atoms with Gasteiger partial charge in [0.2, 0.25) is 0 Å². The fraction of sp³-hybridized carbons (Fsp3) is 0.389. The van der Waals surface area contributed by atoms with Gasteiger partial charge < -0.3 is 15.0 Å². The van der Waals surface area contributed by atoms with Crippen molar-refractivity contribution in [2.24, 2.45) is 5.92 Å². The van der Waals surface area contributed by atoms with Gasteiger partial charge in [0.05, 0.1) is 12.9 Å². The number of anilines is 1. The first-order valence-electron chi connectivity index (χ1n) is 8.36. The Morgan fingerprint density at radius 1 is 1.12 bits per heavy atom. The van der Waals surface area contributed by atoms with Gasteiger partial charge in [0.25, 0.3) is 0 Å². The number of rotatable bonds is 6. The average Bonchev–Trinajstić information content (AvgIpc) is 2.99. The molecule has 1 aliphatic carbocycles. The second-order valence-corrected chi connectivity index (χ2v) is 6.40. The van der Waals surface area contributed by atoms with Crippen LogP contribution in [0.5, 0.6) is 0 Å². The third-order valence-corrected chi connectivity index (χ3v) is 4.77. The SMILES string of the molecule is Nc1ncnc2c1ncn2C1CC(CCOCc2ccccc2)C1. The van der Waals surface area contributed by atoms with Crippen molar-refractivity contribution in [2.75, 3.05) is 12.3 Å². The van der Waals surface area contributed by atoms with E-state index in [1.165, 1.54) is 11.9 Å². The Bertz CT molecular complexity index is 811. The Balaban J connectivity index is 1.25. The van der Waals surface area contributed by atoms with Crippen LogP contribution in [-0.2, 0) is 11.3 Å². The molecule has 2 heterocycles. The molecule has 0 unspecified atom stereocenters. The highest BCUT2D eigenvalue weighted by Crippen LogP contribution is 2.41. The Hall–Kier alpha value is -2.47. The third-order valence-electron chi connectivity index (χ3n) is 4.77. The van der Waals surface area contributed by atoms with Crippen LogP contribution in [0.4, 0.5) is 5.82 Å². The van der Waals surface area contributed by atoms with Crippen LogP contribution < -0.4 is 5.73 Å². The maximum Gasteiger partial charge on any atom is 0.165 e. The smallest absolute Gasteiger partial charge is 0.165 e. The van der Waals surface area contributed by atoms with Crippen molar-refractivity contribution in [1.82, 2.24) is 19.5 Å². The quantitative estimate of drug-likeness (QED) is 0.706. The van der Waals surface area contributed by atoms with Crippen molar-refractivity contribution in [3.05, 3.63) is 48.5 Å². The second-order valence-electron chi connectivity index (χ2n) is 6.40. The lowest BCUT2D eigenvalue weighted by Gasteiger charge is -2.36. The van der Waals surface area contributed by atoms with E-state index in [2.05, 4.69) is 31.7 Å². The van der Waals surface area contributed by atoms with Crippen molar-refractivity contribution in [1.29, 1.82) is 0 Å². The minimum absolute atomic E-state index is 0.448. The third kappa shape index (κ3) is 2.97. The van der Waals surface area contributed by atoms with Gasteiger partial charge in [0.1, 0.15) is 11.8 Å². The van der Waals surface area contributed by atoms with Crippen LogP contribution in [0.1, 0.15) is 30.9 Å². The minimum Gasteiger partial charge on any atom is -0.382 e. The Morgan fingerprint density at radius 2 is 1.96 bits per heavy atom. The normalized spacial score (nSPS) is 20.2. The number of nitrogens with zero attached hydrogens (tertiary/aromatic N) is 4. The molecule has 2 N–H and O–H groups in total. The summed E-state index contributed by atoms with van der Waals surface area (Å²) in [5.74, 6) is 1.16. The summed E-state index contributed by atoms with van der Waals surface area (Å²) in [5.41, 5.74) is 8.61. The Morgan fingerprint density at radius 3 is 2.79 bits per heavy atom. The van der Waals surface area contributed by atoms with Gasteiger partial charge >= 0.3 is 0 Å². The van der Waals surface area contributed by atoms with Crippen molar-refractivity contribution < 1.29 is 4.74 Å². The first kappa shape index (κ1) is 15.1. The molecule has 6 nitrogen and oxygen atoms in total. The summed E-state index contributed by atoms with van der Waals surface area (Å²) in [6.07, 6.45) is 6.73. The number of hydrogen-bond acceptors (Lipinski definition) is 5. The van der Waals surface area contributed by atoms with Gasteiger partial charge in [0, 0.05) is 12.6 Å². The molecule has 4 rings (SSSR count). The van der Waals surface area contributed by atoms with Crippen molar-refractivity contribution in [3.8, 4) is 0 Å². The Kier molecular flexibility index (Phi) is 4.13. The monoisotopic (exact) mass is 323 g/mol. The number of nitrogen functional groups attached to an aromatic ring is 1. The molecule has 0 bridgehead atoms. The van der Waals surface area contributed by atoms with Crippen LogP contribution in [0, 0.1) is 5.92 Å². The molecule has 24 heavy (non-hydrogen) atoms. The number of fused-ring (bicyclic) bond motifs is 1. The van der Waals surface area contributed by atoms with Crippen LogP contribution in [0.15, 0.2) is 43.0 Å². The number of benzene rings is 1. The summed E-state index contributed by atoms with van der Waals surface area (Å²) < 4.78 is 7.92. The molecule has 0 radical (unpaired) electrons. The molecule has 1 fully saturated rings. The van der Waals surface area contributed by atoms with Gasteiger partial charge in [-0.2, -0.15) is 0 Å². The topological polar surface area (TPSA) is 78.9 Å². The van der Waals surface area contributed by atoms with Gasteiger partial charge in [-0.3, -0.25) is 0 Å². The molecular weight excluding hydrogens is 302 g/mol. The zero-order valence-electron chi connectivity index (χ0n) is 13.5. The van der Waals surface area contributed by atoms with Crippen LogP contribution in [0.25, 0.3) is 11.2 Å². The van der Waals surface area contributed by atoms with Crippen molar-refractivity contribution in [2.45, 2.75) is 31.9 Å². The lowest BCUT2D eigenvalue weighted by Crippen LogP contribution is -2.27. The first-order valence-corrected chi connectivity index (χ1v) is 8.36. The summed E-state index contributed by atoms with van der Waals surface area (Å²) in [6, 6.07) is 10.8. The summed E-state index contributed by atoms with van der Waals surface area (Å²) in [6.45, 7) is 1.51. The molecule has 0 amide bonds. The van der Waals surface area contributed by atoms with E-state index in [0.29, 0.717) is 29.9 Å². The number of ether oxygens (including phenoxy) is 1. The molecule has 1 aliphatic rings. The van der Waals surface area contributed by atoms with Gasteiger partial charge in [-0.05, 0) is 30.7 Å². The van der Waals surface area contributed by atoms with E-state index in [9.17, 15) is 0 Å². The van der Waals surface area contributed by atoms with E-state index in [4.69, 9.17) is 10.5 Å². The molecule has 1 aromatic carbocycles. The standard InChI is InChI=1S/C18H21N5O/c19-17-16-18(21-11-20-17)23(12-22-16)15-8-14(9-15)6-7-24-10-13-4-2-1-3-5-13/h1-5,11-12,14-15H,6-10H2,(H2,19,20,21). The average molecular weight is 323 g/mol. The lowest BCUT2D eigenvalue weighted by molar-refractivity contribution is 0.0812. The molecule has 3 aromatic rings. The van der Waals surface area contributed by atoms with E-state index in [1.54, 1.807) is 0 Å². The summed E-state index contributed by atoms with van der Waals surface area (Å²) in [4.78, 5) is 12.7. The first-order chi connectivity index (χ1) is 11.8. The predicted molar refractivity (Wildman–Crippen MR) is 92.2 cm³/mol. The fourth-order valence-electron chi connectivity index (χ4n) is 3.31. The summed E-state index contributed by atoms with van der Waals surface area (Å²) in [7, 11) is 0. The summed E-state index contributed by atoms with van der Waals surface area (Å²) in [5, 5.41) is 0. The van der Waals surface area contributed by atoms with Crippen molar-refractivity contribution in [3.63, 3.8) is 0 Å². The maximum atomic E-state index is 5.84. The molecule has 124 valence electrons. The molecule has 0 saturated heterocycles. The van der Waals surface area contributed by atoms with Gasteiger partial charge in [0.15, 0.2) is 11.5 Å². The van der Waals surface area contributed by atoms with Gasteiger partial charge in [-0.25, -0.2) is 15.0 Å². The van der Waals surface area contributed by atoms with E-state index in [-0.39, 0.29) is 0 Å². The number of nitrogens with two attached hydrogens (primary N) is 1. The van der Waals surface area contributed by atoms with E-state index < -0.39 is 0 Å². The van der Waals surface area contributed by atoms with Crippen molar-refractivity contribution >= 4 is 17.0 Å². The zero-order chi connectivity index (χ0) is 16.4. The molecule has 6 heteroatoms. The number of imidazole rings is 1. The predicted octanol–water partition coefficient (Wildman–Crippen LogP) is 2.97. The minimum atomic E-state index is 0.448. The highest BCUT2D eigenvalue weighted by atomic mass is 16.5. The number of hydrogen-bond donors (Lipinski definition) is 1. The van der Waals surface area contributed by atoms with Crippen LogP contribution in [-0.4, -0.2) is 26.1 Å². The highest BCUT2D eigenvalue weighted by Gasteiger charge is 2.31. The lowest BCUT2D eigenvalue weighted by atomic mass is 9.78. The van der Waals surface area contributed by atoms with Crippen LogP contribution in [0.2, 0.25) is 0 Å². The summed E-state index contributed by atoms with van der Waals surface area (Å²) >= 11 is 0. The molecule has 1 saturated carbocycles. The zero-order valence-corrected chi connectivity index (χ0v) is 13.5. The fourth-order valence-corrected chi connectivity index (χ4v) is 3.31.